The first-order valence-corrected chi connectivity index (χ1v) is 18.7. The maximum absolute atomic E-state index is 14.4. The third-order valence-corrected chi connectivity index (χ3v) is 10.2. The first-order chi connectivity index (χ1) is 27.1. The number of hydrogen-bond donors (Lipinski definition) is 1. The Morgan fingerprint density at radius 3 is 2.02 bits per heavy atom. The summed E-state index contributed by atoms with van der Waals surface area (Å²) in [4.78, 5) is 55.6. The van der Waals surface area contributed by atoms with Gasteiger partial charge in [0.1, 0.15) is 19.3 Å². The van der Waals surface area contributed by atoms with Gasteiger partial charge in [-0.1, -0.05) is 151 Å². The fraction of sp³-hybridized carbons (Fsp3) is 0.217. The Bertz CT molecular complexity index is 2160. The Balaban J connectivity index is 1.29. The van der Waals surface area contributed by atoms with Crippen LogP contribution in [0, 0.1) is 6.92 Å². The van der Waals surface area contributed by atoms with Gasteiger partial charge < -0.3 is 24.4 Å². The number of fused-ring (bicyclic) bond motifs is 3. The van der Waals surface area contributed by atoms with Crippen LogP contribution in [0.5, 0.6) is 0 Å². The molecule has 10 heteroatoms. The highest BCUT2D eigenvalue weighted by molar-refractivity contribution is 6.31. The summed E-state index contributed by atoms with van der Waals surface area (Å²) in [6.45, 7) is 5.49. The topological polar surface area (TPSA) is 111 Å². The van der Waals surface area contributed by atoms with Gasteiger partial charge in [-0.25, -0.2) is 4.79 Å². The van der Waals surface area contributed by atoms with Gasteiger partial charge in [-0.15, -0.1) is 0 Å². The van der Waals surface area contributed by atoms with E-state index >= 15 is 0 Å². The number of rotatable bonds is 15. The van der Waals surface area contributed by atoms with Crippen molar-refractivity contribution in [2.24, 2.45) is 0 Å². The predicted octanol–water partition coefficient (Wildman–Crippen LogP) is 8.36. The third kappa shape index (κ3) is 8.69. The zero-order valence-corrected chi connectivity index (χ0v) is 32.0. The molecule has 6 rings (SSSR count). The Labute approximate surface area is 331 Å². The van der Waals surface area contributed by atoms with Gasteiger partial charge >= 0.3 is 18.0 Å². The van der Waals surface area contributed by atoms with Crippen LogP contribution in [0.3, 0.4) is 0 Å². The highest BCUT2D eigenvalue weighted by atomic mass is 35.5. The van der Waals surface area contributed by atoms with E-state index in [1.807, 2.05) is 110 Å². The molecule has 0 saturated heterocycles. The first-order valence-electron chi connectivity index (χ1n) is 18.3. The molecule has 1 unspecified atom stereocenters. The second kappa shape index (κ2) is 18.0. The minimum atomic E-state index is -1.54. The number of carbonyl (C=O) groups excluding carboxylic acids is 4. The summed E-state index contributed by atoms with van der Waals surface area (Å²) in [6.07, 6.45) is -0.133. The van der Waals surface area contributed by atoms with E-state index in [4.69, 9.17) is 25.8 Å². The summed E-state index contributed by atoms with van der Waals surface area (Å²) in [5.74, 6) is -2.19. The van der Waals surface area contributed by atoms with Gasteiger partial charge in [-0.2, -0.15) is 0 Å². The van der Waals surface area contributed by atoms with Crippen molar-refractivity contribution in [2.45, 2.75) is 37.3 Å². The van der Waals surface area contributed by atoms with Crippen molar-refractivity contribution in [3.63, 3.8) is 0 Å². The van der Waals surface area contributed by atoms with Crippen LogP contribution in [0.15, 0.2) is 140 Å². The highest BCUT2D eigenvalue weighted by Crippen LogP contribution is 2.45. The number of carbonyl (C=O) groups is 4. The third-order valence-electron chi connectivity index (χ3n) is 9.85. The number of esters is 2. The highest BCUT2D eigenvalue weighted by Gasteiger charge is 2.43. The van der Waals surface area contributed by atoms with Gasteiger partial charge in [0, 0.05) is 41.2 Å². The maximum Gasteiger partial charge on any atom is 0.407 e. The molecule has 0 spiro atoms. The van der Waals surface area contributed by atoms with Crippen LogP contribution in [-0.4, -0.2) is 61.7 Å². The number of halogens is 1. The smallest absolute Gasteiger partial charge is 0.407 e. The molecule has 0 saturated carbocycles. The van der Waals surface area contributed by atoms with Gasteiger partial charge in [0.2, 0.25) is 5.91 Å². The fourth-order valence-corrected chi connectivity index (χ4v) is 7.35. The Morgan fingerprint density at radius 1 is 0.786 bits per heavy atom. The van der Waals surface area contributed by atoms with Gasteiger partial charge in [-0.3, -0.25) is 14.4 Å². The van der Waals surface area contributed by atoms with E-state index in [2.05, 4.69) is 11.9 Å². The number of alkyl carbamates (subject to hydrolysis) is 1. The fourth-order valence-electron chi connectivity index (χ4n) is 7.08. The van der Waals surface area contributed by atoms with Crippen LogP contribution in [0.2, 0.25) is 5.02 Å². The molecule has 5 aromatic carbocycles. The number of aryl methyl sites for hydroxylation is 1. The molecule has 5 aromatic rings. The van der Waals surface area contributed by atoms with Crippen molar-refractivity contribution in [2.75, 3.05) is 26.8 Å². The lowest BCUT2D eigenvalue weighted by atomic mass is 9.79. The van der Waals surface area contributed by atoms with Gasteiger partial charge in [0.05, 0.1) is 12.8 Å². The first kappa shape index (κ1) is 39.5. The average molecular weight is 771 g/mol. The minimum absolute atomic E-state index is 0.00670. The van der Waals surface area contributed by atoms with E-state index in [1.54, 1.807) is 24.3 Å². The van der Waals surface area contributed by atoms with Crippen LogP contribution in [0.4, 0.5) is 4.79 Å². The van der Waals surface area contributed by atoms with Gasteiger partial charge in [0.25, 0.3) is 0 Å². The van der Waals surface area contributed by atoms with Crippen LogP contribution >= 0.6 is 11.6 Å². The second-order valence-electron chi connectivity index (χ2n) is 13.6. The van der Waals surface area contributed by atoms with Crippen LogP contribution in [-0.2, 0) is 34.2 Å². The number of benzene rings is 5. The van der Waals surface area contributed by atoms with E-state index in [1.165, 1.54) is 18.0 Å². The number of likely N-dealkylation sites (N-methyl/N-ethyl adjacent to an activating group) is 1. The monoisotopic (exact) mass is 770 g/mol. The lowest BCUT2D eigenvalue weighted by Crippen LogP contribution is -2.50. The molecule has 2 amide bonds. The molecule has 0 aliphatic heterocycles. The van der Waals surface area contributed by atoms with Crippen LogP contribution in [0.25, 0.3) is 11.1 Å². The molecule has 1 aliphatic carbocycles. The standard InChI is InChI=1S/C46H43ClN2O7/c1-4-28-54-42(50)26-27-49(3)44(52)41(48-45(53)55-30-38-36-18-10-8-16-34(36)35-17-9-11-19-37(35)38)29-43(51)56-46(32-14-6-5-7-15-32,33-24-22-31(2)23-25-33)39-20-12-13-21-40(39)47/h4-25,38,41H,1,26-30H2,2-3H3,(H,48,53)/t41-,46?/m0/s1. The van der Waals surface area contributed by atoms with Crippen LogP contribution in [0.1, 0.15) is 52.1 Å². The summed E-state index contributed by atoms with van der Waals surface area (Å²) in [5.41, 5.74) is 5.38. The average Bonchev–Trinajstić information content (AvgIpc) is 3.54. The summed E-state index contributed by atoms with van der Waals surface area (Å²) in [7, 11) is 1.48. The molecular weight excluding hydrogens is 728 g/mol. The van der Waals surface area contributed by atoms with Crippen molar-refractivity contribution in [3.05, 3.63) is 178 Å². The Hall–Kier alpha value is -6.19. The molecule has 286 valence electrons. The zero-order valence-electron chi connectivity index (χ0n) is 31.3. The largest absolute Gasteiger partial charge is 0.461 e. The lowest BCUT2D eigenvalue weighted by Gasteiger charge is -2.36. The molecule has 1 N–H and O–H groups in total. The Morgan fingerprint density at radius 2 is 1.38 bits per heavy atom. The predicted molar refractivity (Wildman–Crippen MR) is 215 cm³/mol. The Kier molecular flexibility index (Phi) is 12.7. The number of nitrogens with zero attached hydrogens (tertiary/aromatic N) is 1. The second-order valence-corrected chi connectivity index (χ2v) is 14.0. The van der Waals surface area contributed by atoms with E-state index in [0.717, 1.165) is 27.8 Å². The van der Waals surface area contributed by atoms with Crippen molar-refractivity contribution in [1.29, 1.82) is 0 Å². The molecule has 1 aliphatic rings. The summed E-state index contributed by atoms with van der Waals surface area (Å²) < 4.78 is 17.4. The van der Waals surface area contributed by atoms with Gasteiger partial charge in [0.15, 0.2) is 5.60 Å². The number of hydrogen-bond acceptors (Lipinski definition) is 7. The molecule has 0 aromatic heterocycles. The molecule has 56 heavy (non-hydrogen) atoms. The molecule has 9 nitrogen and oxygen atoms in total. The molecule has 2 atom stereocenters. The number of amides is 2. The van der Waals surface area contributed by atoms with Crippen molar-refractivity contribution < 1.29 is 33.4 Å². The lowest BCUT2D eigenvalue weighted by molar-refractivity contribution is -0.156. The summed E-state index contributed by atoms with van der Waals surface area (Å²) >= 11 is 6.86. The van der Waals surface area contributed by atoms with E-state index in [0.29, 0.717) is 21.7 Å². The van der Waals surface area contributed by atoms with Crippen LogP contribution < -0.4 is 5.32 Å². The summed E-state index contributed by atoms with van der Waals surface area (Å²) in [6, 6.07) is 38.3. The van der Waals surface area contributed by atoms with E-state index in [-0.39, 0.29) is 32.1 Å². The SMILES string of the molecule is C=CCOC(=O)CCN(C)C(=O)[C@H](CC(=O)OC(c1ccccc1)(c1ccc(C)cc1)c1ccccc1Cl)NC(=O)OCC1c2ccccc2-c2ccccc21. The number of nitrogens with one attached hydrogen (secondary N) is 1. The normalized spacial score (nSPS) is 13.3. The van der Waals surface area contributed by atoms with Crippen molar-refractivity contribution in [3.8, 4) is 11.1 Å². The molecule has 0 bridgehead atoms. The number of ether oxygens (including phenoxy) is 3. The van der Waals surface area contributed by atoms with E-state index in [9.17, 15) is 19.2 Å². The van der Waals surface area contributed by atoms with Crippen molar-refractivity contribution in [1.82, 2.24) is 10.2 Å². The molecule has 0 fully saturated rings. The molecular formula is C46H43ClN2O7. The minimum Gasteiger partial charge on any atom is -0.461 e. The molecule has 0 heterocycles. The van der Waals surface area contributed by atoms with Crippen molar-refractivity contribution >= 4 is 35.5 Å². The van der Waals surface area contributed by atoms with E-state index < -0.39 is 42.0 Å². The molecule has 0 radical (unpaired) electrons. The van der Waals surface area contributed by atoms with Gasteiger partial charge in [-0.05, 0) is 35.2 Å². The maximum atomic E-state index is 14.4. The zero-order chi connectivity index (χ0) is 39.7. The summed E-state index contributed by atoms with van der Waals surface area (Å²) in [5, 5.41) is 3.00. The quantitative estimate of drug-likeness (QED) is 0.0493.